The van der Waals surface area contributed by atoms with Gasteiger partial charge in [0, 0.05) is 26.2 Å². The number of piperidine rings is 1. The molecule has 3 N–H and O–H groups in total. The molecule has 0 radical (unpaired) electrons. The molecule has 0 saturated carbocycles. The number of likely N-dealkylation sites (tertiary alicyclic amines) is 1. The molecule has 1 atom stereocenters. The number of nitrogens with zero attached hydrogens (tertiary/aromatic N) is 3. The Bertz CT molecular complexity index is 627. The highest BCUT2D eigenvalue weighted by molar-refractivity contribution is 5.90. The largest absolute Gasteiger partial charge is 0.369 e. The minimum Gasteiger partial charge on any atom is -0.369 e. The van der Waals surface area contributed by atoms with E-state index in [1.54, 1.807) is 4.90 Å². The van der Waals surface area contributed by atoms with E-state index in [2.05, 4.69) is 15.2 Å². The van der Waals surface area contributed by atoms with Crippen LogP contribution in [0.15, 0.2) is 12.1 Å². The van der Waals surface area contributed by atoms with Gasteiger partial charge in [-0.3, -0.25) is 4.79 Å². The standard InChI is InChI=1S/C17H25N5O2/c1-12-14(6-7-15(19-12)21-8-2-3-9-21)20-17(24)22-10-4-5-13(11-22)16(18)23/h6-7,13H,2-5,8-11H2,1H3,(H2,18,23)(H,20,24). The molecule has 130 valence electrons. The second-order valence-corrected chi connectivity index (χ2v) is 6.61. The van der Waals surface area contributed by atoms with Crippen molar-refractivity contribution in [1.29, 1.82) is 0 Å². The normalized spacial score (nSPS) is 21.0. The molecule has 2 aliphatic heterocycles. The fraction of sp³-hybridized carbons (Fsp3) is 0.588. The van der Waals surface area contributed by atoms with Crippen molar-refractivity contribution in [3.63, 3.8) is 0 Å². The van der Waals surface area contributed by atoms with Crippen LogP contribution in [0.2, 0.25) is 0 Å². The summed E-state index contributed by atoms with van der Waals surface area (Å²) in [6.45, 7) is 5.02. The molecule has 24 heavy (non-hydrogen) atoms. The first-order valence-corrected chi connectivity index (χ1v) is 8.62. The molecule has 0 spiro atoms. The Morgan fingerprint density at radius 1 is 1.21 bits per heavy atom. The number of hydrogen-bond acceptors (Lipinski definition) is 4. The van der Waals surface area contributed by atoms with Crippen molar-refractivity contribution in [2.45, 2.75) is 32.6 Å². The number of rotatable bonds is 3. The molecule has 7 nitrogen and oxygen atoms in total. The third kappa shape index (κ3) is 3.60. The first-order chi connectivity index (χ1) is 11.5. The lowest BCUT2D eigenvalue weighted by Gasteiger charge is -2.31. The van der Waals surface area contributed by atoms with Crippen molar-refractivity contribution in [3.8, 4) is 0 Å². The van der Waals surface area contributed by atoms with Crippen molar-refractivity contribution in [2.75, 3.05) is 36.4 Å². The molecule has 3 rings (SSSR count). The maximum absolute atomic E-state index is 12.5. The van der Waals surface area contributed by atoms with Gasteiger partial charge in [-0.25, -0.2) is 9.78 Å². The van der Waals surface area contributed by atoms with Crippen molar-refractivity contribution in [1.82, 2.24) is 9.88 Å². The van der Waals surface area contributed by atoms with Crippen LogP contribution in [0.1, 0.15) is 31.4 Å². The Morgan fingerprint density at radius 2 is 1.96 bits per heavy atom. The lowest BCUT2D eigenvalue weighted by atomic mass is 9.98. The SMILES string of the molecule is Cc1nc(N2CCCC2)ccc1NC(=O)N1CCCC(C(N)=O)C1. The molecule has 0 bridgehead atoms. The first-order valence-electron chi connectivity index (χ1n) is 8.62. The number of amides is 3. The van der Waals surface area contributed by atoms with Gasteiger partial charge in [0.05, 0.1) is 17.3 Å². The number of carbonyl (C=O) groups is 2. The van der Waals surface area contributed by atoms with Gasteiger partial charge in [-0.05, 0) is 44.7 Å². The number of pyridine rings is 1. The fourth-order valence-corrected chi connectivity index (χ4v) is 3.39. The van der Waals surface area contributed by atoms with Crippen LogP contribution >= 0.6 is 0 Å². The number of carbonyl (C=O) groups excluding carboxylic acids is 2. The molecule has 0 aliphatic carbocycles. The monoisotopic (exact) mass is 331 g/mol. The van der Waals surface area contributed by atoms with Crippen molar-refractivity contribution in [3.05, 3.63) is 17.8 Å². The third-order valence-corrected chi connectivity index (χ3v) is 4.85. The van der Waals surface area contributed by atoms with E-state index >= 15 is 0 Å². The van der Waals surface area contributed by atoms with Gasteiger partial charge in [0.1, 0.15) is 5.82 Å². The Balaban J connectivity index is 1.64. The number of nitrogens with one attached hydrogen (secondary N) is 1. The van der Waals surface area contributed by atoms with E-state index in [-0.39, 0.29) is 17.9 Å². The lowest BCUT2D eigenvalue weighted by molar-refractivity contribution is -0.123. The summed E-state index contributed by atoms with van der Waals surface area (Å²) in [6, 6.07) is 3.67. The Labute approximate surface area is 142 Å². The van der Waals surface area contributed by atoms with Crippen LogP contribution in [0.3, 0.4) is 0 Å². The minimum absolute atomic E-state index is 0.195. The van der Waals surface area contributed by atoms with Crippen molar-refractivity contribution < 1.29 is 9.59 Å². The molecule has 2 aliphatic rings. The van der Waals surface area contributed by atoms with Gasteiger partial charge in [0.15, 0.2) is 0 Å². The van der Waals surface area contributed by atoms with E-state index in [1.165, 1.54) is 12.8 Å². The molecule has 7 heteroatoms. The Kier molecular flexibility index (Phi) is 4.87. The summed E-state index contributed by atoms with van der Waals surface area (Å²) in [5.41, 5.74) is 6.88. The van der Waals surface area contributed by atoms with Gasteiger partial charge in [-0.15, -0.1) is 0 Å². The van der Waals surface area contributed by atoms with E-state index in [4.69, 9.17) is 5.73 Å². The summed E-state index contributed by atoms with van der Waals surface area (Å²) < 4.78 is 0. The van der Waals surface area contributed by atoms with Crippen LogP contribution in [0.4, 0.5) is 16.3 Å². The Hall–Kier alpha value is -2.31. The number of primary amides is 1. The van der Waals surface area contributed by atoms with Gasteiger partial charge >= 0.3 is 6.03 Å². The number of aromatic nitrogens is 1. The van der Waals surface area contributed by atoms with Gasteiger partial charge in [0.25, 0.3) is 0 Å². The zero-order valence-electron chi connectivity index (χ0n) is 14.1. The third-order valence-electron chi connectivity index (χ3n) is 4.85. The average Bonchev–Trinajstić information content (AvgIpc) is 3.11. The zero-order chi connectivity index (χ0) is 17.1. The van der Waals surface area contributed by atoms with Crippen LogP contribution < -0.4 is 16.0 Å². The van der Waals surface area contributed by atoms with Crippen LogP contribution in [0.25, 0.3) is 0 Å². The van der Waals surface area contributed by atoms with Gasteiger partial charge in [0.2, 0.25) is 5.91 Å². The molecule has 1 aromatic rings. The predicted octanol–water partition coefficient (Wildman–Crippen LogP) is 1.72. The zero-order valence-corrected chi connectivity index (χ0v) is 14.1. The minimum atomic E-state index is -0.333. The first kappa shape index (κ1) is 16.5. The smallest absolute Gasteiger partial charge is 0.321 e. The van der Waals surface area contributed by atoms with E-state index in [9.17, 15) is 9.59 Å². The molecule has 2 fully saturated rings. The van der Waals surface area contributed by atoms with Crippen LogP contribution in [0, 0.1) is 12.8 Å². The van der Waals surface area contributed by atoms with Gasteiger partial charge in [-0.1, -0.05) is 0 Å². The molecule has 3 heterocycles. The molecule has 3 amide bonds. The number of anilines is 2. The van der Waals surface area contributed by atoms with E-state index in [1.807, 2.05) is 19.1 Å². The van der Waals surface area contributed by atoms with Crippen LogP contribution in [-0.2, 0) is 4.79 Å². The number of nitrogens with two attached hydrogens (primary N) is 1. The topological polar surface area (TPSA) is 91.6 Å². The molecule has 1 unspecified atom stereocenters. The quantitative estimate of drug-likeness (QED) is 0.882. The maximum Gasteiger partial charge on any atom is 0.321 e. The van der Waals surface area contributed by atoms with Crippen LogP contribution in [-0.4, -0.2) is 48.0 Å². The van der Waals surface area contributed by atoms with Crippen molar-refractivity contribution >= 4 is 23.4 Å². The van der Waals surface area contributed by atoms with E-state index in [0.717, 1.165) is 37.4 Å². The molecular formula is C17H25N5O2. The molecule has 0 aromatic carbocycles. The number of aryl methyl sites for hydroxylation is 1. The fourth-order valence-electron chi connectivity index (χ4n) is 3.39. The van der Waals surface area contributed by atoms with Gasteiger partial charge < -0.3 is 20.9 Å². The number of hydrogen-bond donors (Lipinski definition) is 2. The predicted molar refractivity (Wildman–Crippen MR) is 92.9 cm³/mol. The van der Waals surface area contributed by atoms with Gasteiger partial charge in [-0.2, -0.15) is 0 Å². The second-order valence-electron chi connectivity index (χ2n) is 6.61. The average molecular weight is 331 g/mol. The Morgan fingerprint density at radius 3 is 2.62 bits per heavy atom. The highest BCUT2D eigenvalue weighted by Gasteiger charge is 2.27. The summed E-state index contributed by atoms with van der Waals surface area (Å²) in [6.07, 6.45) is 3.96. The highest BCUT2D eigenvalue weighted by atomic mass is 16.2. The van der Waals surface area contributed by atoms with Crippen LogP contribution in [0.5, 0.6) is 0 Å². The second kappa shape index (κ2) is 7.07. The molecule has 2 saturated heterocycles. The van der Waals surface area contributed by atoms with Crippen molar-refractivity contribution in [2.24, 2.45) is 11.7 Å². The highest BCUT2D eigenvalue weighted by Crippen LogP contribution is 2.23. The maximum atomic E-state index is 12.5. The van der Waals surface area contributed by atoms with E-state index in [0.29, 0.717) is 18.8 Å². The summed E-state index contributed by atoms with van der Waals surface area (Å²) in [5.74, 6) is 0.386. The lowest BCUT2D eigenvalue weighted by Crippen LogP contribution is -2.45. The summed E-state index contributed by atoms with van der Waals surface area (Å²) >= 11 is 0. The number of urea groups is 1. The summed E-state index contributed by atoms with van der Waals surface area (Å²) in [4.78, 5) is 32.3. The molecule has 1 aromatic heterocycles. The summed E-state index contributed by atoms with van der Waals surface area (Å²) in [5, 5.41) is 2.91. The summed E-state index contributed by atoms with van der Waals surface area (Å²) in [7, 11) is 0. The molecular weight excluding hydrogens is 306 g/mol. The van der Waals surface area contributed by atoms with E-state index < -0.39 is 0 Å².